The van der Waals surface area contributed by atoms with Crippen molar-refractivity contribution in [2.45, 2.75) is 13.1 Å². The summed E-state index contributed by atoms with van der Waals surface area (Å²) in [6, 6.07) is 3.17. The molecule has 0 unspecified atom stereocenters. The topological polar surface area (TPSA) is 12.0 Å². The van der Waals surface area contributed by atoms with Crippen molar-refractivity contribution in [1.29, 1.82) is 0 Å². The van der Waals surface area contributed by atoms with Crippen molar-refractivity contribution >= 4 is 17.3 Å². The molecule has 0 aliphatic rings. The molecule has 0 saturated carbocycles. The molecule has 0 bridgehead atoms. The molecule has 0 fully saturated rings. The van der Waals surface area contributed by atoms with E-state index >= 15 is 0 Å². The summed E-state index contributed by atoms with van der Waals surface area (Å²) in [5.74, 6) is 5.38. The highest BCUT2D eigenvalue weighted by molar-refractivity contribution is 6.33. The van der Waals surface area contributed by atoms with Crippen LogP contribution in [0.1, 0.15) is 12.5 Å². The molecular weight excluding hydrogens is 239 g/mol. The summed E-state index contributed by atoms with van der Waals surface area (Å²) < 4.78 is 36.9. The molecule has 0 radical (unpaired) electrons. The molecule has 1 aromatic carbocycles. The molecule has 0 aromatic heterocycles. The normalized spacial score (nSPS) is 10.6. The Balaban J connectivity index is 2.86. The zero-order chi connectivity index (χ0) is 12.2. The van der Waals surface area contributed by atoms with Crippen LogP contribution in [0.2, 0.25) is 5.02 Å². The fourth-order valence-electron chi connectivity index (χ4n) is 1.06. The van der Waals surface area contributed by atoms with Crippen molar-refractivity contribution in [3.05, 3.63) is 28.8 Å². The van der Waals surface area contributed by atoms with Crippen LogP contribution in [-0.2, 0) is 6.18 Å². The third-order valence-corrected chi connectivity index (χ3v) is 2.15. The minimum Gasteiger partial charge on any atom is -0.373 e. The van der Waals surface area contributed by atoms with Crippen molar-refractivity contribution in [1.82, 2.24) is 0 Å². The molecule has 0 aliphatic heterocycles. The van der Waals surface area contributed by atoms with Crippen LogP contribution in [0.3, 0.4) is 0 Å². The first-order chi connectivity index (χ1) is 7.45. The molecule has 1 N–H and O–H groups in total. The van der Waals surface area contributed by atoms with Gasteiger partial charge in [0.2, 0.25) is 0 Å². The van der Waals surface area contributed by atoms with Crippen molar-refractivity contribution < 1.29 is 13.2 Å². The SMILES string of the molecule is CC#CCNc1ccc(C(F)(F)F)cc1Cl. The quantitative estimate of drug-likeness (QED) is 0.784. The van der Waals surface area contributed by atoms with Crippen LogP contribution < -0.4 is 5.32 Å². The van der Waals surface area contributed by atoms with E-state index in [0.717, 1.165) is 12.1 Å². The van der Waals surface area contributed by atoms with E-state index in [-0.39, 0.29) is 5.02 Å². The molecule has 0 atom stereocenters. The second-order valence-corrected chi connectivity index (χ2v) is 3.38. The number of halogens is 4. The Morgan fingerprint density at radius 1 is 1.38 bits per heavy atom. The Kier molecular flexibility index (Phi) is 4.08. The van der Waals surface area contributed by atoms with E-state index < -0.39 is 11.7 Å². The maximum Gasteiger partial charge on any atom is 0.416 e. The first-order valence-corrected chi connectivity index (χ1v) is 4.83. The van der Waals surface area contributed by atoms with Gasteiger partial charge < -0.3 is 5.32 Å². The third kappa shape index (κ3) is 3.35. The average Bonchev–Trinajstić information content (AvgIpc) is 2.19. The molecule has 1 rings (SSSR count). The Labute approximate surface area is 96.6 Å². The van der Waals surface area contributed by atoms with E-state index in [2.05, 4.69) is 17.2 Å². The summed E-state index contributed by atoms with van der Waals surface area (Å²) in [5, 5.41) is 2.85. The van der Waals surface area contributed by atoms with Gasteiger partial charge in [-0.1, -0.05) is 17.5 Å². The standard InChI is InChI=1S/C11H9ClF3N/c1-2-3-6-16-10-5-4-8(7-9(10)12)11(13,14)15/h4-5,7,16H,6H2,1H3. The Hall–Kier alpha value is -1.34. The zero-order valence-electron chi connectivity index (χ0n) is 8.45. The Morgan fingerprint density at radius 2 is 2.06 bits per heavy atom. The molecular formula is C11H9ClF3N. The van der Waals surface area contributed by atoms with E-state index in [4.69, 9.17) is 11.6 Å². The van der Waals surface area contributed by atoms with Crippen LogP contribution in [-0.4, -0.2) is 6.54 Å². The maximum atomic E-state index is 12.3. The van der Waals surface area contributed by atoms with Gasteiger partial charge in [0.25, 0.3) is 0 Å². The van der Waals surface area contributed by atoms with E-state index in [1.165, 1.54) is 6.07 Å². The van der Waals surface area contributed by atoms with Crippen LogP contribution in [0, 0.1) is 11.8 Å². The highest BCUT2D eigenvalue weighted by atomic mass is 35.5. The number of nitrogens with one attached hydrogen (secondary N) is 1. The van der Waals surface area contributed by atoms with Gasteiger partial charge >= 0.3 is 6.18 Å². The number of rotatable bonds is 2. The minimum absolute atomic E-state index is 0.0349. The number of benzene rings is 1. The van der Waals surface area contributed by atoms with Gasteiger partial charge in [0, 0.05) is 0 Å². The summed E-state index contributed by atoms with van der Waals surface area (Å²) in [6.45, 7) is 2.03. The number of hydrogen-bond donors (Lipinski definition) is 1. The van der Waals surface area contributed by atoms with E-state index in [1.54, 1.807) is 6.92 Å². The molecule has 1 nitrogen and oxygen atoms in total. The second kappa shape index (κ2) is 5.13. The summed E-state index contributed by atoms with van der Waals surface area (Å²) in [4.78, 5) is 0. The summed E-state index contributed by atoms with van der Waals surface area (Å²) >= 11 is 5.70. The third-order valence-electron chi connectivity index (χ3n) is 1.84. The first kappa shape index (κ1) is 12.7. The lowest BCUT2D eigenvalue weighted by molar-refractivity contribution is -0.137. The number of hydrogen-bond acceptors (Lipinski definition) is 1. The smallest absolute Gasteiger partial charge is 0.373 e. The predicted octanol–water partition coefficient (Wildman–Crippen LogP) is 3.79. The van der Waals surface area contributed by atoms with E-state index in [9.17, 15) is 13.2 Å². The van der Waals surface area contributed by atoms with Crippen molar-refractivity contribution in [2.75, 3.05) is 11.9 Å². The zero-order valence-corrected chi connectivity index (χ0v) is 9.21. The highest BCUT2D eigenvalue weighted by Gasteiger charge is 2.30. The van der Waals surface area contributed by atoms with Crippen LogP contribution in [0.25, 0.3) is 0 Å². The minimum atomic E-state index is -4.37. The molecule has 0 saturated heterocycles. The monoisotopic (exact) mass is 247 g/mol. The van der Waals surface area contributed by atoms with Gasteiger partial charge in [0.15, 0.2) is 0 Å². The molecule has 86 valence electrons. The first-order valence-electron chi connectivity index (χ1n) is 4.45. The Morgan fingerprint density at radius 3 is 2.56 bits per heavy atom. The fraction of sp³-hybridized carbons (Fsp3) is 0.273. The summed E-state index contributed by atoms with van der Waals surface area (Å²) in [6.07, 6.45) is -4.37. The lowest BCUT2D eigenvalue weighted by Crippen LogP contribution is -2.06. The molecule has 0 spiro atoms. The van der Waals surface area contributed by atoms with Gasteiger partial charge in [-0.15, -0.1) is 5.92 Å². The van der Waals surface area contributed by atoms with Crippen LogP contribution >= 0.6 is 11.6 Å². The lowest BCUT2D eigenvalue weighted by atomic mass is 10.2. The fourth-order valence-corrected chi connectivity index (χ4v) is 1.31. The molecule has 0 heterocycles. The van der Waals surface area contributed by atoms with E-state index in [0.29, 0.717) is 12.2 Å². The van der Waals surface area contributed by atoms with Gasteiger partial charge in [-0.3, -0.25) is 0 Å². The molecule has 0 amide bonds. The van der Waals surface area contributed by atoms with Gasteiger partial charge in [-0.2, -0.15) is 13.2 Å². The number of alkyl halides is 3. The summed E-state index contributed by atoms with van der Waals surface area (Å²) in [5.41, 5.74) is -0.318. The van der Waals surface area contributed by atoms with Crippen LogP contribution in [0.4, 0.5) is 18.9 Å². The van der Waals surface area contributed by atoms with Crippen molar-refractivity contribution in [3.63, 3.8) is 0 Å². The number of anilines is 1. The Bertz CT molecular complexity index is 429. The van der Waals surface area contributed by atoms with Crippen LogP contribution in [0.15, 0.2) is 18.2 Å². The van der Waals surface area contributed by atoms with Crippen LogP contribution in [0.5, 0.6) is 0 Å². The average molecular weight is 248 g/mol. The van der Waals surface area contributed by atoms with Gasteiger partial charge in [0.05, 0.1) is 22.8 Å². The second-order valence-electron chi connectivity index (χ2n) is 2.97. The van der Waals surface area contributed by atoms with Gasteiger partial charge in [-0.25, -0.2) is 0 Å². The van der Waals surface area contributed by atoms with Crippen molar-refractivity contribution in [2.24, 2.45) is 0 Å². The van der Waals surface area contributed by atoms with E-state index in [1.807, 2.05) is 0 Å². The van der Waals surface area contributed by atoms with Crippen molar-refractivity contribution in [3.8, 4) is 11.8 Å². The molecule has 5 heteroatoms. The highest BCUT2D eigenvalue weighted by Crippen LogP contribution is 2.33. The molecule has 16 heavy (non-hydrogen) atoms. The largest absolute Gasteiger partial charge is 0.416 e. The molecule has 1 aromatic rings. The van der Waals surface area contributed by atoms with Gasteiger partial charge in [-0.05, 0) is 25.1 Å². The predicted molar refractivity (Wildman–Crippen MR) is 58.4 cm³/mol. The summed E-state index contributed by atoms with van der Waals surface area (Å²) in [7, 11) is 0. The molecule has 0 aliphatic carbocycles. The lowest BCUT2D eigenvalue weighted by Gasteiger charge is -2.10. The maximum absolute atomic E-state index is 12.3. The van der Waals surface area contributed by atoms with Gasteiger partial charge in [0.1, 0.15) is 0 Å².